The maximum absolute atomic E-state index is 12.1. The quantitative estimate of drug-likeness (QED) is 0.928. The Balaban J connectivity index is 3.12. The number of hydrogen-bond donors (Lipinski definition) is 1. The summed E-state index contributed by atoms with van der Waals surface area (Å²) in [5, 5.41) is -0.497. The lowest BCUT2D eigenvalue weighted by atomic mass is 10.1. The molecule has 6 heteroatoms. The smallest absolute Gasteiger partial charge is 0.192 e. The van der Waals surface area contributed by atoms with Gasteiger partial charge in [-0.15, -0.1) is 11.3 Å². The van der Waals surface area contributed by atoms with E-state index in [9.17, 15) is 8.42 Å². The molecule has 0 aliphatic carbocycles. The van der Waals surface area contributed by atoms with Gasteiger partial charge in [-0.1, -0.05) is 13.8 Å². The lowest BCUT2D eigenvalue weighted by molar-refractivity contribution is 0.535. The highest BCUT2D eigenvalue weighted by Gasteiger charge is 2.30. The van der Waals surface area contributed by atoms with E-state index in [-0.39, 0.29) is 12.5 Å². The summed E-state index contributed by atoms with van der Waals surface area (Å²) >= 11 is 4.48. The molecule has 2 N–H and O–H groups in total. The van der Waals surface area contributed by atoms with Crippen LogP contribution < -0.4 is 5.73 Å². The second-order valence-electron chi connectivity index (χ2n) is 3.62. The van der Waals surface area contributed by atoms with Crippen LogP contribution in [0, 0.1) is 5.92 Å². The SMILES string of the molecule is CC(C)C(CN)S(=O)(=O)c1ccc(Br)s1. The van der Waals surface area contributed by atoms with Gasteiger partial charge in [-0.3, -0.25) is 0 Å². The average molecular weight is 312 g/mol. The van der Waals surface area contributed by atoms with Gasteiger partial charge >= 0.3 is 0 Å². The molecule has 1 aromatic rings. The molecule has 0 spiro atoms. The first-order valence-corrected chi connectivity index (χ1v) is 7.74. The normalized spacial score (nSPS) is 14.5. The summed E-state index contributed by atoms with van der Waals surface area (Å²) in [7, 11) is -3.27. The van der Waals surface area contributed by atoms with Crippen molar-refractivity contribution < 1.29 is 8.42 Å². The van der Waals surface area contributed by atoms with E-state index in [1.54, 1.807) is 12.1 Å². The van der Waals surface area contributed by atoms with Crippen molar-refractivity contribution in [2.24, 2.45) is 11.7 Å². The van der Waals surface area contributed by atoms with E-state index in [4.69, 9.17) is 5.73 Å². The maximum atomic E-state index is 12.1. The number of rotatable bonds is 4. The van der Waals surface area contributed by atoms with Gasteiger partial charge < -0.3 is 5.73 Å². The van der Waals surface area contributed by atoms with Crippen molar-refractivity contribution in [1.82, 2.24) is 0 Å². The third-order valence-electron chi connectivity index (χ3n) is 2.20. The molecule has 1 aromatic heterocycles. The lowest BCUT2D eigenvalue weighted by Gasteiger charge is -2.18. The van der Waals surface area contributed by atoms with Gasteiger partial charge in [0.05, 0.1) is 9.04 Å². The molecule has 3 nitrogen and oxygen atoms in total. The van der Waals surface area contributed by atoms with E-state index < -0.39 is 15.1 Å². The van der Waals surface area contributed by atoms with Gasteiger partial charge in [-0.05, 0) is 34.0 Å². The zero-order valence-corrected chi connectivity index (χ0v) is 11.8. The Bertz CT molecular complexity index is 425. The van der Waals surface area contributed by atoms with Crippen LogP contribution in [0.3, 0.4) is 0 Å². The van der Waals surface area contributed by atoms with E-state index in [2.05, 4.69) is 15.9 Å². The predicted molar refractivity (Wildman–Crippen MR) is 66.9 cm³/mol. The molecular formula is C9H14BrNO2S2. The molecule has 0 bridgehead atoms. The Labute approximate surface area is 103 Å². The minimum absolute atomic E-state index is 0.0286. The Kier molecular flexibility index (Phi) is 4.34. The fraction of sp³-hybridized carbons (Fsp3) is 0.556. The number of sulfone groups is 1. The molecule has 0 saturated heterocycles. The Hall–Kier alpha value is 0.0900. The Morgan fingerprint density at radius 1 is 1.47 bits per heavy atom. The minimum atomic E-state index is -3.27. The van der Waals surface area contributed by atoms with Crippen LogP contribution in [0.4, 0.5) is 0 Å². The van der Waals surface area contributed by atoms with Gasteiger partial charge in [0.1, 0.15) is 4.21 Å². The van der Waals surface area contributed by atoms with E-state index in [1.807, 2.05) is 13.8 Å². The molecule has 0 aliphatic rings. The second-order valence-corrected chi connectivity index (χ2v) is 8.48. The fourth-order valence-electron chi connectivity index (χ4n) is 1.36. The fourth-order valence-corrected chi connectivity index (χ4v) is 5.43. The van der Waals surface area contributed by atoms with Crippen LogP contribution in [-0.4, -0.2) is 20.2 Å². The van der Waals surface area contributed by atoms with Crippen LogP contribution in [0.5, 0.6) is 0 Å². The first-order valence-electron chi connectivity index (χ1n) is 4.59. The molecular weight excluding hydrogens is 298 g/mol. The molecule has 0 saturated carbocycles. The number of nitrogens with two attached hydrogens (primary N) is 1. The van der Waals surface area contributed by atoms with Gasteiger partial charge in [0.15, 0.2) is 9.84 Å². The van der Waals surface area contributed by atoms with E-state index in [0.29, 0.717) is 4.21 Å². The summed E-state index contributed by atoms with van der Waals surface area (Å²) in [6.45, 7) is 3.91. The average Bonchev–Trinajstić information content (AvgIpc) is 2.52. The third kappa shape index (κ3) is 2.81. The first kappa shape index (κ1) is 13.2. The zero-order chi connectivity index (χ0) is 11.6. The van der Waals surface area contributed by atoms with Crippen LogP contribution in [0.2, 0.25) is 0 Å². The largest absolute Gasteiger partial charge is 0.329 e. The summed E-state index contributed by atoms with van der Waals surface area (Å²) < 4.78 is 25.5. The molecule has 1 heterocycles. The van der Waals surface area contributed by atoms with E-state index >= 15 is 0 Å². The number of halogens is 1. The molecule has 0 radical (unpaired) electrons. The molecule has 0 amide bonds. The zero-order valence-electron chi connectivity index (χ0n) is 8.60. The highest BCUT2D eigenvalue weighted by molar-refractivity contribution is 9.11. The van der Waals surface area contributed by atoms with Gasteiger partial charge in [0, 0.05) is 6.54 Å². The van der Waals surface area contributed by atoms with Crippen molar-refractivity contribution >= 4 is 37.1 Å². The molecule has 15 heavy (non-hydrogen) atoms. The van der Waals surface area contributed by atoms with E-state index in [1.165, 1.54) is 11.3 Å². The highest BCUT2D eigenvalue weighted by atomic mass is 79.9. The Morgan fingerprint density at radius 3 is 2.40 bits per heavy atom. The standard InChI is InChI=1S/C9H14BrNO2S2/c1-6(2)7(5-11)15(12,13)9-4-3-8(10)14-9/h3-4,6-7H,5,11H2,1-2H3. The van der Waals surface area contributed by atoms with Gasteiger partial charge in [0.25, 0.3) is 0 Å². The molecule has 1 rings (SSSR count). The van der Waals surface area contributed by atoms with Crippen molar-refractivity contribution in [3.05, 3.63) is 15.9 Å². The van der Waals surface area contributed by atoms with Crippen LogP contribution in [0.1, 0.15) is 13.8 Å². The molecule has 0 aromatic carbocycles. The van der Waals surface area contributed by atoms with Gasteiger partial charge in [-0.2, -0.15) is 0 Å². The summed E-state index contributed by atoms with van der Waals surface area (Å²) in [5.74, 6) is 0.0286. The van der Waals surface area contributed by atoms with Crippen LogP contribution >= 0.6 is 27.3 Å². The third-order valence-corrected chi connectivity index (χ3v) is 6.80. The van der Waals surface area contributed by atoms with Crippen molar-refractivity contribution in [3.8, 4) is 0 Å². The number of thiophene rings is 1. The molecule has 0 aliphatic heterocycles. The van der Waals surface area contributed by atoms with E-state index in [0.717, 1.165) is 3.79 Å². The topological polar surface area (TPSA) is 60.2 Å². The molecule has 1 atom stereocenters. The number of hydrogen-bond acceptors (Lipinski definition) is 4. The summed E-state index contributed by atoms with van der Waals surface area (Å²) in [5.41, 5.74) is 5.52. The lowest BCUT2D eigenvalue weighted by Crippen LogP contribution is -2.34. The maximum Gasteiger partial charge on any atom is 0.192 e. The first-order chi connectivity index (χ1) is 6.89. The van der Waals surface area contributed by atoms with Crippen molar-refractivity contribution in [2.75, 3.05) is 6.54 Å². The van der Waals surface area contributed by atoms with Crippen LogP contribution in [0.25, 0.3) is 0 Å². The molecule has 1 unspecified atom stereocenters. The van der Waals surface area contributed by atoms with Gasteiger partial charge in [-0.25, -0.2) is 8.42 Å². The predicted octanol–water partition coefficient (Wildman–Crippen LogP) is 2.27. The Morgan fingerprint density at radius 2 is 2.07 bits per heavy atom. The van der Waals surface area contributed by atoms with Crippen LogP contribution in [0.15, 0.2) is 20.1 Å². The minimum Gasteiger partial charge on any atom is -0.329 e. The molecule has 0 fully saturated rings. The van der Waals surface area contributed by atoms with Crippen molar-refractivity contribution in [1.29, 1.82) is 0 Å². The summed E-state index contributed by atoms with van der Waals surface area (Å²) in [6, 6.07) is 3.36. The summed E-state index contributed by atoms with van der Waals surface area (Å²) in [6.07, 6.45) is 0. The van der Waals surface area contributed by atoms with Crippen molar-refractivity contribution in [2.45, 2.75) is 23.3 Å². The monoisotopic (exact) mass is 311 g/mol. The van der Waals surface area contributed by atoms with Crippen LogP contribution in [-0.2, 0) is 9.84 Å². The van der Waals surface area contributed by atoms with Crippen molar-refractivity contribution in [3.63, 3.8) is 0 Å². The second kappa shape index (κ2) is 4.95. The molecule has 86 valence electrons. The van der Waals surface area contributed by atoms with Gasteiger partial charge in [0.2, 0.25) is 0 Å². The highest BCUT2D eigenvalue weighted by Crippen LogP contribution is 2.30. The summed E-state index contributed by atoms with van der Waals surface area (Å²) in [4.78, 5) is 0.